The third kappa shape index (κ3) is 3.59. The second kappa shape index (κ2) is 9.05. The Morgan fingerprint density at radius 1 is 0.897 bits per heavy atom. The molecule has 0 radical (unpaired) electrons. The lowest BCUT2D eigenvalue weighted by Crippen LogP contribution is -2.66. The molecule has 0 aliphatic heterocycles. The van der Waals surface area contributed by atoms with Crippen LogP contribution >= 0.6 is 0 Å². The number of hydrogen-bond acceptors (Lipinski definition) is 3. The molecule has 9 unspecified atom stereocenters. The second-order valence-electron chi connectivity index (χ2n) is 15.5. The largest absolute Gasteiger partial charge is 0.460 e. The lowest BCUT2D eigenvalue weighted by atomic mass is 9.32. The molecular formula is C36H50O3. The summed E-state index contributed by atoms with van der Waals surface area (Å²) >= 11 is 0. The number of allylic oxidation sites excluding steroid dienone is 1. The molecule has 39 heavy (non-hydrogen) atoms. The van der Waals surface area contributed by atoms with E-state index in [0.29, 0.717) is 42.0 Å². The highest BCUT2D eigenvalue weighted by Crippen LogP contribution is 2.77. The molecule has 1 aromatic rings. The van der Waals surface area contributed by atoms with Gasteiger partial charge in [-0.05, 0) is 109 Å². The van der Waals surface area contributed by atoms with E-state index in [0.717, 1.165) is 50.5 Å². The van der Waals surface area contributed by atoms with Crippen molar-refractivity contribution in [2.75, 3.05) is 0 Å². The van der Waals surface area contributed by atoms with E-state index in [4.69, 9.17) is 4.74 Å². The molecule has 5 aliphatic rings. The summed E-state index contributed by atoms with van der Waals surface area (Å²) in [6, 6.07) is 10.1. The number of fused-ring (bicyclic) bond motifs is 7. The summed E-state index contributed by atoms with van der Waals surface area (Å²) in [6.07, 6.45) is 12.8. The summed E-state index contributed by atoms with van der Waals surface area (Å²) in [5.74, 6) is 2.86. The fraction of sp³-hybridized carbons (Fsp3) is 0.722. The highest BCUT2D eigenvalue weighted by Gasteiger charge is 2.72. The maximum atomic E-state index is 14.0. The van der Waals surface area contributed by atoms with Crippen LogP contribution in [0.3, 0.4) is 0 Å². The van der Waals surface area contributed by atoms with Crippen molar-refractivity contribution in [1.82, 2.24) is 0 Å². The van der Waals surface area contributed by atoms with E-state index in [1.54, 1.807) is 0 Å². The molecule has 212 valence electrons. The second-order valence-corrected chi connectivity index (χ2v) is 15.5. The van der Waals surface area contributed by atoms with Crippen molar-refractivity contribution in [2.45, 2.75) is 105 Å². The molecule has 0 heterocycles. The molecule has 3 heteroatoms. The molecule has 0 aromatic heterocycles. The van der Waals surface area contributed by atoms with Crippen LogP contribution in [0.25, 0.3) is 0 Å². The van der Waals surface area contributed by atoms with Crippen LogP contribution in [-0.2, 0) is 20.9 Å². The Morgan fingerprint density at radius 3 is 2.36 bits per heavy atom. The van der Waals surface area contributed by atoms with Gasteiger partial charge in [-0.2, -0.15) is 0 Å². The molecule has 5 fully saturated rings. The van der Waals surface area contributed by atoms with Crippen molar-refractivity contribution in [2.24, 2.45) is 56.7 Å². The van der Waals surface area contributed by atoms with Gasteiger partial charge in [0.1, 0.15) is 12.4 Å². The monoisotopic (exact) mass is 530 g/mol. The number of rotatable bonds is 4. The van der Waals surface area contributed by atoms with Crippen molar-refractivity contribution in [3.8, 4) is 0 Å². The molecule has 0 spiro atoms. The minimum atomic E-state index is -0.374. The first-order chi connectivity index (χ1) is 18.4. The quantitative estimate of drug-likeness (QED) is 0.289. The lowest BCUT2D eigenvalue weighted by molar-refractivity contribution is -0.236. The van der Waals surface area contributed by atoms with Gasteiger partial charge in [-0.15, -0.1) is 6.58 Å². The van der Waals surface area contributed by atoms with Crippen LogP contribution in [0, 0.1) is 56.7 Å². The van der Waals surface area contributed by atoms with Gasteiger partial charge in [0.15, 0.2) is 0 Å². The molecule has 5 saturated carbocycles. The smallest absolute Gasteiger partial charge is 0.312 e. The van der Waals surface area contributed by atoms with Crippen LogP contribution in [0.15, 0.2) is 43.0 Å². The van der Waals surface area contributed by atoms with Crippen LogP contribution in [0.4, 0.5) is 0 Å². The number of Topliss-reactive ketones (excluding diaryl/α,β-unsaturated/α-hetero) is 1. The fourth-order valence-corrected chi connectivity index (χ4v) is 11.9. The zero-order chi connectivity index (χ0) is 27.8. The summed E-state index contributed by atoms with van der Waals surface area (Å²) in [6.45, 7) is 16.9. The Kier molecular flexibility index (Phi) is 6.33. The summed E-state index contributed by atoms with van der Waals surface area (Å²) in [5, 5.41) is 0. The Morgan fingerprint density at radius 2 is 1.64 bits per heavy atom. The third-order valence-electron chi connectivity index (χ3n) is 14.2. The first-order valence-electron chi connectivity index (χ1n) is 15.8. The first-order valence-corrected chi connectivity index (χ1v) is 15.8. The Balaban J connectivity index is 1.32. The summed E-state index contributed by atoms with van der Waals surface area (Å²) in [5.41, 5.74) is 1.11. The van der Waals surface area contributed by atoms with Crippen molar-refractivity contribution >= 4 is 11.8 Å². The van der Waals surface area contributed by atoms with Gasteiger partial charge >= 0.3 is 5.97 Å². The molecule has 5 aliphatic carbocycles. The van der Waals surface area contributed by atoms with Gasteiger partial charge in [0.25, 0.3) is 0 Å². The molecule has 0 amide bonds. The fourth-order valence-electron chi connectivity index (χ4n) is 11.9. The van der Waals surface area contributed by atoms with Gasteiger partial charge in [0.2, 0.25) is 0 Å². The number of esters is 1. The topological polar surface area (TPSA) is 43.4 Å². The van der Waals surface area contributed by atoms with Crippen molar-refractivity contribution in [3.05, 3.63) is 48.6 Å². The molecular weight excluding hydrogens is 480 g/mol. The molecule has 3 nitrogen and oxygen atoms in total. The summed E-state index contributed by atoms with van der Waals surface area (Å²) in [4.78, 5) is 27.1. The first kappa shape index (κ1) is 27.3. The molecule has 0 bridgehead atoms. The van der Waals surface area contributed by atoms with E-state index in [1.165, 1.54) is 19.3 Å². The Hall–Kier alpha value is -1.90. The van der Waals surface area contributed by atoms with E-state index in [1.807, 2.05) is 30.3 Å². The van der Waals surface area contributed by atoms with Crippen LogP contribution in [0.1, 0.15) is 104 Å². The van der Waals surface area contributed by atoms with Crippen molar-refractivity contribution in [3.63, 3.8) is 0 Å². The molecule has 0 saturated heterocycles. The highest BCUT2D eigenvalue weighted by atomic mass is 16.5. The van der Waals surface area contributed by atoms with E-state index in [2.05, 4.69) is 47.3 Å². The van der Waals surface area contributed by atoms with Crippen LogP contribution in [0.2, 0.25) is 0 Å². The maximum absolute atomic E-state index is 14.0. The van der Waals surface area contributed by atoms with E-state index >= 15 is 0 Å². The number of benzene rings is 1. The van der Waals surface area contributed by atoms with Crippen LogP contribution < -0.4 is 0 Å². The number of hydrogen-bond donors (Lipinski definition) is 0. The van der Waals surface area contributed by atoms with Crippen LogP contribution in [-0.4, -0.2) is 11.8 Å². The van der Waals surface area contributed by atoms with Gasteiger partial charge in [0.05, 0.1) is 5.41 Å². The standard InChI is InChI=1S/C36H50O3/c1-7-25-15-20-36(31(38)39-23-24-11-9-8-10-12-24)22-21-34(5)26(30(25)36)13-14-28-33(4)18-17-29(37)32(2,3)27(33)16-19-35(28,34)6/h7-12,25-28,30H,1,13-23H2,2-6H3. The predicted molar refractivity (Wildman–Crippen MR) is 156 cm³/mol. The van der Waals surface area contributed by atoms with Gasteiger partial charge in [-0.25, -0.2) is 0 Å². The van der Waals surface area contributed by atoms with E-state index in [9.17, 15) is 9.59 Å². The minimum absolute atomic E-state index is 0.0400. The SMILES string of the molecule is C=CC1CCC2(C(=O)OCc3ccccc3)CCC3(C)C(CCC4C5(C)CCC(=O)C(C)(C)C5CCC43C)C12. The Bertz CT molecular complexity index is 1150. The van der Waals surface area contributed by atoms with Crippen LogP contribution in [0.5, 0.6) is 0 Å². The lowest BCUT2D eigenvalue weighted by Gasteiger charge is -2.72. The van der Waals surface area contributed by atoms with Gasteiger partial charge in [-0.3, -0.25) is 9.59 Å². The van der Waals surface area contributed by atoms with Crippen molar-refractivity contribution < 1.29 is 14.3 Å². The third-order valence-corrected chi connectivity index (χ3v) is 14.2. The summed E-state index contributed by atoms with van der Waals surface area (Å²) < 4.78 is 6.12. The highest BCUT2D eigenvalue weighted by molar-refractivity contribution is 5.85. The van der Waals surface area contributed by atoms with E-state index in [-0.39, 0.29) is 33.0 Å². The van der Waals surface area contributed by atoms with E-state index < -0.39 is 0 Å². The maximum Gasteiger partial charge on any atom is 0.312 e. The minimum Gasteiger partial charge on any atom is -0.460 e. The zero-order valence-electron chi connectivity index (χ0n) is 25.1. The predicted octanol–water partition coefficient (Wildman–Crippen LogP) is 8.57. The van der Waals surface area contributed by atoms with Gasteiger partial charge in [0, 0.05) is 11.8 Å². The average Bonchev–Trinajstić information content (AvgIpc) is 3.31. The zero-order valence-corrected chi connectivity index (χ0v) is 25.1. The molecule has 1 aromatic carbocycles. The molecule has 0 N–H and O–H groups in total. The molecule has 9 atom stereocenters. The number of ether oxygens (including phenoxy) is 1. The van der Waals surface area contributed by atoms with Gasteiger partial charge < -0.3 is 4.74 Å². The number of carbonyl (C=O) groups excluding carboxylic acids is 2. The van der Waals surface area contributed by atoms with Gasteiger partial charge in [-0.1, -0.05) is 71.0 Å². The van der Waals surface area contributed by atoms with Crippen molar-refractivity contribution in [1.29, 1.82) is 0 Å². The number of carbonyl (C=O) groups is 2. The Labute approximate surface area is 236 Å². The summed E-state index contributed by atoms with van der Waals surface area (Å²) in [7, 11) is 0. The molecule has 6 rings (SSSR count). The normalized spacial score (nSPS) is 46.3. The number of ketones is 1. The average molecular weight is 531 g/mol.